The molecule has 0 unspecified atom stereocenters. The van der Waals surface area contributed by atoms with Crippen LogP contribution in [0.2, 0.25) is 0 Å². The molecule has 0 fully saturated rings. The van der Waals surface area contributed by atoms with Crippen LogP contribution in [0.3, 0.4) is 0 Å². The number of rotatable bonds is 5. The SMILES string of the molecule is NCC(=O)NCC(=O)Nc1cccc(C(N)=O)c1. The molecule has 0 saturated heterocycles. The number of primary amides is 1. The number of hydrogen-bond donors (Lipinski definition) is 4. The van der Waals surface area contributed by atoms with Crippen LogP contribution in [0.25, 0.3) is 0 Å². The molecular formula is C11H14N4O3. The van der Waals surface area contributed by atoms with E-state index in [0.717, 1.165) is 0 Å². The van der Waals surface area contributed by atoms with Crippen LogP contribution in [0, 0.1) is 0 Å². The maximum Gasteiger partial charge on any atom is 0.248 e. The second-order valence-electron chi connectivity index (χ2n) is 3.47. The average Bonchev–Trinajstić information content (AvgIpc) is 2.36. The van der Waals surface area contributed by atoms with Crippen LogP contribution >= 0.6 is 0 Å². The molecule has 1 aromatic rings. The first-order chi connectivity index (χ1) is 8.52. The van der Waals surface area contributed by atoms with E-state index >= 15 is 0 Å². The second kappa shape index (κ2) is 6.36. The molecular weight excluding hydrogens is 236 g/mol. The Balaban J connectivity index is 2.56. The van der Waals surface area contributed by atoms with Gasteiger partial charge in [-0.25, -0.2) is 0 Å². The van der Waals surface area contributed by atoms with Crippen molar-refractivity contribution in [1.29, 1.82) is 0 Å². The van der Waals surface area contributed by atoms with Gasteiger partial charge in [0.1, 0.15) is 0 Å². The van der Waals surface area contributed by atoms with Crippen LogP contribution in [-0.2, 0) is 9.59 Å². The van der Waals surface area contributed by atoms with Gasteiger partial charge in [0.15, 0.2) is 0 Å². The molecule has 6 N–H and O–H groups in total. The normalized spacial score (nSPS) is 9.61. The zero-order valence-electron chi connectivity index (χ0n) is 9.60. The Kier molecular flexibility index (Phi) is 4.82. The summed E-state index contributed by atoms with van der Waals surface area (Å²) < 4.78 is 0. The predicted octanol–water partition coefficient (Wildman–Crippen LogP) is -1.20. The van der Waals surface area contributed by atoms with Gasteiger partial charge in [-0.1, -0.05) is 6.07 Å². The maximum atomic E-state index is 11.4. The first-order valence-electron chi connectivity index (χ1n) is 5.19. The highest BCUT2D eigenvalue weighted by Gasteiger charge is 2.06. The first kappa shape index (κ1) is 13.7. The molecule has 7 heteroatoms. The lowest BCUT2D eigenvalue weighted by Crippen LogP contribution is -2.36. The second-order valence-corrected chi connectivity index (χ2v) is 3.47. The third-order valence-corrected chi connectivity index (χ3v) is 2.06. The maximum absolute atomic E-state index is 11.4. The van der Waals surface area contributed by atoms with Gasteiger partial charge < -0.3 is 22.1 Å². The number of benzene rings is 1. The number of carbonyl (C=O) groups excluding carboxylic acids is 3. The molecule has 0 spiro atoms. The van der Waals surface area contributed by atoms with Crippen LogP contribution < -0.4 is 22.1 Å². The van der Waals surface area contributed by atoms with Gasteiger partial charge in [-0.15, -0.1) is 0 Å². The number of nitrogens with one attached hydrogen (secondary N) is 2. The van der Waals surface area contributed by atoms with Crippen LogP contribution in [0.4, 0.5) is 5.69 Å². The van der Waals surface area contributed by atoms with E-state index in [1.54, 1.807) is 12.1 Å². The van der Waals surface area contributed by atoms with Crippen molar-refractivity contribution in [2.45, 2.75) is 0 Å². The number of amides is 3. The predicted molar refractivity (Wildman–Crippen MR) is 65.7 cm³/mol. The molecule has 96 valence electrons. The molecule has 18 heavy (non-hydrogen) atoms. The smallest absolute Gasteiger partial charge is 0.248 e. The lowest BCUT2D eigenvalue weighted by atomic mass is 10.2. The fourth-order valence-electron chi connectivity index (χ4n) is 1.21. The molecule has 7 nitrogen and oxygen atoms in total. The highest BCUT2D eigenvalue weighted by molar-refractivity contribution is 5.97. The molecule has 0 saturated carbocycles. The quantitative estimate of drug-likeness (QED) is 0.523. The summed E-state index contributed by atoms with van der Waals surface area (Å²) in [5.74, 6) is -1.42. The Morgan fingerprint density at radius 2 is 1.89 bits per heavy atom. The molecule has 0 aromatic heterocycles. The fourth-order valence-corrected chi connectivity index (χ4v) is 1.21. The van der Waals surface area contributed by atoms with Gasteiger partial charge >= 0.3 is 0 Å². The Bertz CT molecular complexity index is 473. The van der Waals surface area contributed by atoms with Gasteiger partial charge in [-0.05, 0) is 18.2 Å². The topological polar surface area (TPSA) is 127 Å². The summed E-state index contributed by atoms with van der Waals surface area (Å²) in [7, 11) is 0. The zero-order valence-corrected chi connectivity index (χ0v) is 9.60. The minimum atomic E-state index is -0.581. The monoisotopic (exact) mass is 250 g/mol. The summed E-state index contributed by atoms with van der Waals surface area (Å²) in [5.41, 5.74) is 10.9. The Labute approximate surface area is 104 Å². The van der Waals surface area contributed by atoms with E-state index in [4.69, 9.17) is 11.5 Å². The van der Waals surface area contributed by atoms with E-state index < -0.39 is 17.7 Å². The van der Waals surface area contributed by atoms with E-state index in [1.165, 1.54) is 12.1 Å². The lowest BCUT2D eigenvalue weighted by Gasteiger charge is -2.07. The zero-order chi connectivity index (χ0) is 13.5. The van der Waals surface area contributed by atoms with Crippen molar-refractivity contribution in [3.05, 3.63) is 29.8 Å². The highest BCUT2D eigenvalue weighted by atomic mass is 16.2. The van der Waals surface area contributed by atoms with Gasteiger partial charge in [0.2, 0.25) is 17.7 Å². The van der Waals surface area contributed by atoms with Gasteiger partial charge in [0.25, 0.3) is 0 Å². The summed E-state index contributed by atoms with van der Waals surface area (Å²) in [6.07, 6.45) is 0. The Morgan fingerprint density at radius 3 is 2.50 bits per heavy atom. The van der Waals surface area contributed by atoms with E-state index in [2.05, 4.69) is 10.6 Å². The van der Waals surface area contributed by atoms with Crippen molar-refractivity contribution in [3.63, 3.8) is 0 Å². The molecule has 0 aliphatic heterocycles. The van der Waals surface area contributed by atoms with E-state index in [9.17, 15) is 14.4 Å². The molecule has 0 bridgehead atoms. The fraction of sp³-hybridized carbons (Fsp3) is 0.182. The van der Waals surface area contributed by atoms with Crippen molar-refractivity contribution in [2.75, 3.05) is 18.4 Å². The van der Waals surface area contributed by atoms with Gasteiger partial charge in [0, 0.05) is 11.3 Å². The van der Waals surface area contributed by atoms with Crippen LogP contribution in [0.15, 0.2) is 24.3 Å². The largest absolute Gasteiger partial charge is 0.366 e. The van der Waals surface area contributed by atoms with Crippen LogP contribution in [-0.4, -0.2) is 30.8 Å². The molecule has 0 aliphatic rings. The minimum Gasteiger partial charge on any atom is -0.366 e. The minimum absolute atomic E-state index is 0.176. The standard InChI is InChI=1S/C11H14N4O3/c12-5-9(16)14-6-10(17)15-8-3-1-2-7(4-8)11(13)18/h1-4H,5-6,12H2,(H2,13,18)(H,14,16)(H,15,17). The molecule has 1 rings (SSSR count). The summed E-state index contributed by atoms with van der Waals surface area (Å²) in [4.78, 5) is 33.2. The molecule has 0 radical (unpaired) electrons. The average molecular weight is 250 g/mol. The number of nitrogens with two attached hydrogens (primary N) is 2. The third-order valence-electron chi connectivity index (χ3n) is 2.06. The van der Waals surface area contributed by atoms with Crippen molar-refractivity contribution in [3.8, 4) is 0 Å². The molecule has 3 amide bonds. The molecule has 0 heterocycles. The molecule has 0 aliphatic carbocycles. The van der Waals surface area contributed by atoms with Crippen LogP contribution in [0.1, 0.15) is 10.4 Å². The number of anilines is 1. The van der Waals surface area contributed by atoms with Crippen molar-refractivity contribution in [1.82, 2.24) is 5.32 Å². The third kappa shape index (κ3) is 4.22. The molecule has 0 atom stereocenters. The van der Waals surface area contributed by atoms with E-state index in [-0.39, 0.29) is 13.1 Å². The van der Waals surface area contributed by atoms with E-state index in [1.807, 2.05) is 0 Å². The van der Waals surface area contributed by atoms with Crippen molar-refractivity contribution < 1.29 is 14.4 Å². The Morgan fingerprint density at radius 1 is 1.17 bits per heavy atom. The summed E-state index contributed by atoms with van der Waals surface area (Å²) >= 11 is 0. The first-order valence-corrected chi connectivity index (χ1v) is 5.19. The van der Waals surface area contributed by atoms with Crippen LogP contribution in [0.5, 0.6) is 0 Å². The lowest BCUT2D eigenvalue weighted by molar-refractivity contribution is -0.123. The Hall–Kier alpha value is -2.41. The van der Waals surface area contributed by atoms with Gasteiger partial charge in [-0.2, -0.15) is 0 Å². The van der Waals surface area contributed by atoms with E-state index in [0.29, 0.717) is 11.3 Å². The number of carbonyl (C=O) groups is 3. The highest BCUT2D eigenvalue weighted by Crippen LogP contribution is 2.09. The van der Waals surface area contributed by atoms with Crippen molar-refractivity contribution in [2.24, 2.45) is 11.5 Å². The summed E-state index contributed by atoms with van der Waals surface area (Å²) in [6, 6.07) is 6.18. The summed E-state index contributed by atoms with van der Waals surface area (Å²) in [5, 5.41) is 4.84. The molecule has 1 aromatic carbocycles. The number of hydrogen-bond acceptors (Lipinski definition) is 4. The summed E-state index contributed by atoms with van der Waals surface area (Å²) in [6.45, 7) is -0.360. The van der Waals surface area contributed by atoms with Crippen molar-refractivity contribution >= 4 is 23.4 Å². The van der Waals surface area contributed by atoms with Gasteiger partial charge in [0.05, 0.1) is 13.1 Å². The van der Waals surface area contributed by atoms with Gasteiger partial charge in [-0.3, -0.25) is 14.4 Å².